The summed E-state index contributed by atoms with van der Waals surface area (Å²) in [5.74, 6) is -0.539. The molecule has 0 fully saturated rings. The molecular formula is C13H12FN3O2. The van der Waals surface area contributed by atoms with Gasteiger partial charge in [0.2, 0.25) is 0 Å². The Bertz CT molecular complexity index is 538. The van der Waals surface area contributed by atoms with Crippen LogP contribution in [0, 0.1) is 28.5 Å². The highest BCUT2D eigenvalue weighted by molar-refractivity contribution is 5.51. The first kappa shape index (κ1) is 14.7. The summed E-state index contributed by atoms with van der Waals surface area (Å²) in [6, 6.07) is 7.68. The molecule has 1 N–H and O–H groups in total. The third kappa shape index (κ3) is 3.78. The minimum Gasteiger partial charge on any atom is -0.357 e. The minimum absolute atomic E-state index is 0.143. The fourth-order valence-electron chi connectivity index (χ4n) is 1.40. The quantitative estimate of drug-likeness (QED) is 0.650. The third-order valence-electron chi connectivity index (χ3n) is 2.31. The maximum Gasteiger partial charge on any atom is 0.183 e. The van der Waals surface area contributed by atoms with Crippen molar-refractivity contribution in [3.05, 3.63) is 41.4 Å². The predicted octanol–water partition coefficient (Wildman–Crippen LogP) is 2.46. The van der Waals surface area contributed by atoms with Gasteiger partial charge < -0.3 is 14.8 Å². The molecular weight excluding hydrogens is 249 g/mol. The van der Waals surface area contributed by atoms with Crippen molar-refractivity contribution in [2.24, 2.45) is 0 Å². The molecule has 0 unspecified atom stereocenters. The number of nitrogens with one attached hydrogen (secondary N) is 1. The van der Waals surface area contributed by atoms with Crippen LogP contribution in [0.2, 0.25) is 0 Å². The number of rotatable bonds is 5. The van der Waals surface area contributed by atoms with Crippen LogP contribution in [0.25, 0.3) is 0 Å². The molecule has 98 valence electrons. The van der Waals surface area contributed by atoms with Crippen LogP contribution in [0.15, 0.2) is 30.0 Å². The molecule has 1 rings (SSSR count). The van der Waals surface area contributed by atoms with Crippen LogP contribution in [0.3, 0.4) is 0 Å². The smallest absolute Gasteiger partial charge is 0.183 e. The van der Waals surface area contributed by atoms with Gasteiger partial charge in [0.05, 0.1) is 5.69 Å². The van der Waals surface area contributed by atoms with Crippen LogP contribution in [-0.4, -0.2) is 14.2 Å². The van der Waals surface area contributed by atoms with Gasteiger partial charge in [-0.25, -0.2) is 4.39 Å². The van der Waals surface area contributed by atoms with Gasteiger partial charge >= 0.3 is 0 Å². The zero-order chi connectivity index (χ0) is 14.3. The van der Waals surface area contributed by atoms with Gasteiger partial charge in [-0.2, -0.15) is 10.5 Å². The number of hydrogen-bond acceptors (Lipinski definition) is 5. The average Bonchev–Trinajstić information content (AvgIpc) is 2.43. The normalized spacial score (nSPS) is 9.58. The Hall–Kier alpha value is -2.41. The monoisotopic (exact) mass is 261 g/mol. The van der Waals surface area contributed by atoms with Crippen LogP contribution in [-0.2, 0) is 9.47 Å². The van der Waals surface area contributed by atoms with Crippen LogP contribution in [0.4, 0.5) is 10.1 Å². The molecule has 1 aromatic rings. The van der Waals surface area contributed by atoms with Gasteiger partial charge in [0, 0.05) is 26.0 Å². The number of nitriles is 2. The lowest BCUT2D eigenvalue weighted by molar-refractivity contribution is -0.106. The summed E-state index contributed by atoms with van der Waals surface area (Å²) in [7, 11) is 2.90. The molecule has 5 nitrogen and oxygen atoms in total. The second-order valence-corrected chi connectivity index (χ2v) is 3.47. The molecule has 0 spiro atoms. The van der Waals surface area contributed by atoms with Crippen molar-refractivity contribution >= 4 is 5.69 Å². The highest BCUT2D eigenvalue weighted by Gasteiger charge is 2.11. The van der Waals surface area contributed by atoms with Gasteiger partial charge in [-0.15, -0.1) is 0 Å². The number of hydrogen-bond donors (Lipinski definition) is 1. The molecule has 0 saturated heterocycles. The minimum atomic E-state index is -0.645. The molecule has 19 heavy (non-hydrogen) atoms. The van der Waals surface area contributed by atoms with E-state index < -0.39 is 12.1 Å². The fourth-order valence-corrected chi connectivity index (χ4v) is 1.40. The molecule has 0 aliphatic rings. The van der Waals surface area contributed by atoms with Crippen molar-refractivity contribution in [1.82, 2.24) is 0 Å². The highest BCUT2D eigenvalue weighted by Crippen LogP contribution is 2.22. The lowest BCUT2D eigenvalue weighted by atomic mass is 10.2. The van der Waals surface area contributed by atoms with Crippen molar-refractivity contribution in [3.8, 4) is 12.1 Å². The van der Waals surface area contributed by atoms with E-state index in [0.29, 0.717) is 5.56 Å². The summed E-state index contributed by atoms with van der Waals surface area (Å²) in [5, 5.41) is 19.6. The SMILES string of the molecule is COC(OC)c1ccc(NC=C(C#N)C#N)c(F)c1. The predicted molar refractivity (Wildman–Crippen MR) is 66.1 cm³/mol. The largest absolute Gasteiger partial charge is 0.357 e. The molecule has 0 aromatic heterocycles. The standard InChI is InChI=1S/C13H12FN3O2/c1-18-13(19-2)10-3-4-12(11(14)5-10)17-8-9(6-15)7-16/h3-5,8,13,17H,1-2H3. The molecule has 0 heterocycles. The van der Waals surface area contributed by atoms with Crippen molar-refractivity contribution in [1.29, 1.82) is 10.5 Å². The van der Waals surface area contributed by atoms with Gasteiger partial charge in [0.25, 0.3) is 0 Å². The van der Waals surface area contributed by atoms with Crippen LogP contribution in [0.5, 0.6) is 0 Å². The van der Waals surface area contributed by atoms with Crippen LogP contribution in [0.1, 0.15) is 11.9 Å². The Balaban J connectivity index is 2.93. The first-order valence-corrected chi connectivity index (χ1v) is 5.28. The second-order valence-electron chi connectivity index (χ2n) is 3.47. The second kappa shape index (κ2) is 7.12. The highest BCUT2D eigenvalue weighted by atomic mass is 19.1. The summed E-state index contributed by atoms with van der Waals surface area (Å²) < 4.78 is 23.8. The zero-order valence-electron chi connectivity index (χ0n) is 10.5. The van der Waals surface area contributed by atoms with E-state index >= 15 is 0 Å². The number of ether oxygens (including phenoxy) is 2. The molecule has 0 amide bonds. The van der Waals surface area contributed by atoms with Crippen molar-refractivity contribution < 1.29 is 13.9 Å². The van der Waals surface area contributed by atoms with E-state index in [4.69, 9.17) is 20.0 Å². The number of benzene rings is 1. The Morgan fingerprint density at radius 2 is 1.95 bits per heavy atom. The number of methoxy groups -OCH3 is 2. The van der Waals surface area contributed by atoms with Crippen LogP contribution >= 0.6 is 0 Å². The number of nitrogens with zero attached hydrogens (tertiary/aromatic N) is 2. The van der Waals surface area contributed by atoms with Crippen molar-refractivity contribution in [3.63, 3.8) is 0 Å². The molecule has 0 aliphatic carbocycles. The molecule has 0 bridgehead atoms. The van der Waals surface area contributed by atoms with Gasteiger partial charge in [-0.05, 0) is 12.1 Å². The molecule has 0 saturated carbocycles. The summed E-state index contributed by atoms with van der Waals surface area (Å²) in [4.78, 5) is 0. The molecule has 0 aliphatic heterocycles. The van der Waals surface area contributed by atoms with Gasteiger partial charge in [-0.1, -0.05) is 6.07 Å². The van der Waals surface area contributed by atoms with Crippen molar-refractivity contribution in [2.75, 3.05) is 19.5 Å². The Labute approximate surface area is 110 Å². The Kier molecular flexibility index (Phi) is 5.49. The van der Waals surface area contributed by atoms with Gasteiger partial charge in [-0.3, -0.25) is 0 Å². The first-order chi connectivity index (χ1) is 9.15. The number of halogens is 1. The van der Waals surface area contributed by atoms with Crippen molar-refractivity contribution in [2.45, 2.75) is 6.29 Å². The Morgan fingerprint density at radius 1 is 1.32 bits per heavy atom. The van der Waals surface area contributed by atoms with E-state index in [1.807, 2.05) is 0 Å². The average molecular weight is 261 g/mol. The lowest BCUT2D eigenvalue weighted by Gasteiger charge is -2.14. The maximum absolute atomic E-state index is 13.8. The Morgan fingerprint density at radius 3 is 2.42 bits per heavy atom. The summed E-state index contributed by atoms with van der Waals surface area (Å²) >= 11 is 0. The summed E-state index contributed by atoms with van der Waals surface area (Å²) in [6.45, 7) is 0. The summed E-state index contributed by atoms with van der Waals surface area (Å²) in [5.41, 5.74) is 0.533. The molecule has 0 atom stereocenters. The van der Waals surface area contributed by atoms with Crippen LogP contribution < -0.4 is 5.32 Å². The number of allylic oxidation sites excluding steroid dienone is 1. The van der Waals surface area contributed by atoms with E-state index in [0.717, 1.165) is 6.20 Å². The van der Waals surface area contributed by atoms with E-state index in [1.54, 1.807) is 18.2 Å². The van der Waals surface area contributed by atoms with E-state index in [-0.39, 0.29) is 11.3 Å². The van der Waals surface area contributed by atoms with E-state index in [2.05, 4.69) is 5.32 Å². The molecule has 6 heteroatoms. The van der Waals surface area contributed by atoms with E-state index in [9.17, 15) is 4.39 Å². The molecule has 0 radical (unpaired) electrons. The number of anilines is 1. The van der Waals surface area contributed by atoms with E-state index in [1.165, 1.54) is 26.4 Å². The molecule has 1 aromatic carbocycles. The zero-order valence-corrected chi connectivity index (χ0v) is 10.5. The fraction of sp³-hybridized carbons (Fsp3) is 0.231. The van der Waals surface area contributed by atoms with Gasteiger partial charge in [0.15, 0.2) is 6.29 Å². The first-order valence-electron chi connectivity index (χ1n) is 5.28. The lowest BCUT2D eigenvalue weighted by Crippen LogP contribution is -2.04. The maximum atomic E-state index is 13.8. The third-order valence-corrected chi connectivity index (χ3v) is 2.31. The summed E-state index contributed by atoms with van der Waals surface area (Å²) in [6.07, 6.45) is 0.496. The van der Waals surface area contributed by atoms with Gasteiger partial charge in [0.1, 0.15) is 23.5 Å². The topological polar surface area (TPSA) is 78.1 Å².